The Morgan fingerprint density at radius 1 is 1.05 bits per heavy atom. The molecule has 0 amide bonds. The van der Waals surface area contributed by atoms with Crippen molar-refractivity contribution in [3.63, 3.8) is 0 Å². The van der Waals surface area contributed by atoms with E-state index in [1.165, 1.54) is 57.8 Å². The summed E-state index contributed by atoms with van der Waals surface area (Å²) in [5.74, 6) is 0.876. The average molecular weight is 284 g/mol. The second-order valence-corrected chi connectivity index (χ2v) is 7.24. The van der Waals surface area contributed by atoms with Crippen molar-refractivity contribution in [3.05, 3.63) is 0 Å². The van der Waals surface area contributed by atoms with Gasteiger partial charge in [0.25, 0.3) is 0 Å². The molecule has 1 aliphatic carbocycles. The third-order valence-electron chi connectivity index (χ3n) is 5.40. The van der Waals surface area contributed by atoms with Crippen LogP contribution >= 0.6 is 0 Å². The van der Waals surface area contributed by atoms with Crippen molar-refractivity contribution < 1.29 is 9.47 Å². The van der Waals surface area contributed by atoms with Crippen molar-refractivity contribution in [2.75, 3.05) is 14.2 Å². The number of hydrogen-bond acceptors (Lipinski definition) is 2. The fourth-order valence-corrected chi connectivity index (χ4v) is 3.77. The molecule has 1 saturated carbocycles. The topological polar surface area (TPSA) is 18.5 Å². The van der Waals surface area contributed by atoms with Gasteiger partial charge in [-0.3, -0.25) is 0 Å². The van der Waals surface area contributed by atoms with Crippen molar-refractivity contribution in [2.45, 2.75) is 90.8 Å². The molecule has 0 bridgehead atoms. The maximum atomic E-state index is 5.56. The molecule has 0 aromatic rings. The smallest absolute Gasteiger partial charge is 0.0571 e. The number of ether oxygens (including phenoxy) is 2. The maximum absolute atomic E-state index is 5.56. The van der Waals surface area contributed by atoms with Gasteiger partial charge in [0.15, 0.2) is 0 Å². The molecule has 0 aromatic carbocycles. The standard InChI is InChI=1S/C18H36O2/c1-6-8-16(19-4)9-7-14-18(2,3)15-10-12-17(20-5)13-11-15/h15-17H,6-14H2,1-5H3. The lowest BCUT2D eigenvalue weighted by atomic mass is 9.68. The van der Waals surface area contributed by atoms with Crippen LogP contribution in [0, 0.1) is 11.3 Å². The monoisotopic (exact) mass is 284 g/mol. The van der Waals surface area contributed by atoms with Crippen molar-refractivity contribution in [2.24, 2.45) is 11.3 Å². The van der Waals surface area contributed by atoms with E-state index in [2.05, 4.69) is 20.8 Å². The molecule has 0 radical (unpaired) electrons. The Bertz CT molecular complexity index is 242. The Labute approximate surface area is 126 Å². The highest BCUT2D eigenvalue weighted by molar-refractivity contribution is 4.84. The van der Waals surface area contributed by atoms with Crippen LogP contribution in [-0.2, 0) is 9.47 Å². The van der Waals surface area contributed by atoms with Gasteiger partial charge in [-0.15, -0.1) is 0 Å². The van der Waals surface area contributed by atoms with E-state index in [1.54, 1.807) is 0 Å². The minimum absolute atomic E-state index is 0.472. The van der Waals surface area contributed by atoms with Crippen LogP contribution in [0.3, 0.4) is 0 Å². The largest absolute Gasteiger partial charge is 0.381 e. The zero-order chi connectivity index (χ0) is 15.0. The van der Waals surface area contributed by atoms with Crippen LogP contribution in [0.1, 0.15) is 78.6 Å². The summed E-state index contributed by atoms with van der Waals surface area (Å²) in [6, 6.07) is 0. The van der Waals surface area contributed by atoms with Crippen LogP contribution in [0.4, 0.5) is 0 Å². The second kappa shape index (κ2) is 9.04. The van der Waals surface area contributed by atoms with Crippen LogP contribution in [-0.4, -0.2) is 26.4 Å². The van der Waals surface area contributed by atoms with E-state index < -0.39 is 0 Å². The molecule has 2 nitrogen and oxygen atoms in total. The molecule has 1 aliphatic rings. The van der Waals surface area contributed by atoms with Crippen LogP contribution in [0.2, 0.25) is 0 Å². The third kappa shape index (κ3) is 5.73. The minimum Gasteiger partial charge on any atom is -0.381 e. The summed E-state index contributed by atoms with van der Waals surface area (Å²) in [6.45, 7) is 7.17. The van der Waals surface area contributed by atoms with Crippen molar-refractivity contribution >= 4 is 0 Å². The van der Waals surface area contributed by atoms with Crippen molar-refractivity contribution in [3.8, 4) is 0 Å². The SMILES string of the molecule is CCCC(CCCC(C)(C)C1CCC(OC)CC1)OC. The molecule has 0 heterocycles. The lowest BCUT2D eigenvalue weighted by Crippen LogP contribution is -2.31. The number of hydrogen-bond donors (Lipinski definition) is 0. The van der Waals surface area contributed by atoms with Gasteiger partial charge in [0.2, 0.25) is 0 Å². The molecule has 2 heteroatoms. The number of methoxy groups -OCH3 is 2. The Hall–Kier alpha value is -0.0800. The molecule has 1 atom stereocenters. The Kier molecular flexibility index (Phi) is 8.13. The van der Waals surface area contributed by atoms with Gasteiger partial charge in [-0.1, -0.05) is 33.6 Å². The normalized spacial score (nSPS) is 25.6. The summed E-state index contributed by atoms with van der Waals surface area (Å²) in [4.78, 5) is 0. The molecular weight excluding hydrogens is 248 g/mol. The molecular formula is C18H36O2. The van der Waals surface area contributed by atoms with Crippen molar-refractivity contribution in [1.29, 1.82) is 0 Å². The van der Waals surface area contributed by atoms with E-state index in [0.29, 0.717) is 17.6 Å². The zero-order valence-electron chi connectivity index (χ0n) is 14.4. The third-order valence-corrected chi connectivity index (χ3v) is 5.40. The van der Waals surface area contributed by atoms with E-state index in [-0.39, 0.29) is 0 Å². The van der Waals surface area contributed by atoms with Gasteiger partial charge >= 0.3 is 0 Å². The van der Waals surface area contributed by atoms with Crippen LogP contribution in [0.25, 0.3) is 0 Å². The summed E-state index contributed by atoms with van der Waals surface area (Å²) in [6.07, 6.45) is 12.5. The first-order valence-electron chi connectivity index (χ1n) is 8.59. The van der Waals surface area contributed by atoms with E-state index in [0.717, 1.165) is 5.92 Å². The van der Waals surface area contributed by atoms with Gasteiger partial charge in [0.1, 0.15) is 0 Å². The quantitative estimate of drug-likeness (QED) is 0.579. The molecule has 0 aromatic heterocycles. The number of rotatable bonds is 9. The zero-order valence-corrected chi connectivity index (χ0v) is 14.4. The molecule has 1 rings (SSSR count). The predicted molar refractivity (Wildman–Crippen MR) is 86.1 cm³/mol. The minimum atomic E-state index is 0.472. The molecule has 1 fully saturated rings. The van der Waals surface area contributed by atoms with E-state index >= 15 is 0 Å². The van der Waals surface area contributed by atoms with E-state index in [1.807, 2.05) is 14.2 Å². The predicted octanol–water partition coefficient (Wildman–Crippen LogP) is 5.20. The molecule has 0 N–H and O–H groups in total. The molecule has 120 valence electrons. The molecule has 0 saturated heterocycles. The maximum Gasteiger partial charge on any atom is 0.0571 e. The summed E-state index contributed by atoms with van der Waals surface area (Å²) in [5, 5.41) is 0. The van der Waals surface area contributed by atoms with Gasteiger partial charge in [0.05, 0.1) is 12.2 Å². The Balaban J connectivity index is 2.30. The van der Waals surface area contributed by atoms with Gasteiger partial charge in [-0.2, -0.15) is 0 Å². The highest BCUT2D eigenvalue weighted by atomic mass is 16.5. The van der Waals surface area contributed by atoms with E-state index in [4.69, 9.17) is 9.47 Å². The lowest BCUT2D eigenvalue weighted by Gasteiger charge is -2.39. The van der Waals surface area contributed by atoms with Crippen LogP contribution in [0.15, 0.2) is 0 Å². The first-order valence-corrected chi connectivity index (χ1v) is 8.59. The summed E-state index contributed by atoms with van der Waals surface area (Å²) >= 11 is 0. The van der Waals surface area contributed by atoms with Crippen molar-refractivity contribution in [1.82, 2.24) is 0 Å². The summed E-state index contributed by atoms with van der Waals surface area (Å²) in [7, 11) is 3.71. The highest BCUT2D eigenvalue weighted by Crippen LogP contribution is 2.42. The highest BCUT2D eigenvalue weighted by Gasteiger charge is 2.32. The van der Waals surface area contributed by atoms with Gasteiger partial charge in [-0.05, 0) is 56.3 Å². The summed E-state index contributed by atoms with van der Waals surface area (Å²) < 4.78 is 11.1. The fraction of sp³-hybridized carbons (Fsp3) is 1.00. The van der Waals surface area contributed by atoms with Gasteiger partial charge in [-0.25, -0.2) is 0 Å². The van der Waals surface area contributed by atoms with Gasteiger partial charge in [0, 0.05) is 14.2 Å². The summed E-state index contributed by atoms with van der Waals surface area (Å²) in [5.41, 5.74) is 0.475. The van der Waals surface area contributed by atoms with Crippen LogP contribution < -0.4 is 0 Å². The van der Waals surface area contributed by atoms with Gasteiger partial charge < -0.3 is 9.47 Å². The fourth-order valence-electron chi connectivity index (χ4n) is 3.77. The lowest BCUT2D eigenvalue weighted by molar-refractivity contribution is 0.0261. The second-order valence-electron chi connectivity index (χ2n) is 7.24. The van der Waals surface area contributed by atoms with Crippen LogP contribution in [0.5, 0.6) is 0 Å². The molecule has 0 aliphatic heterocycles. The first kappa shape index (κ1) is 18.0. The molecule has 20 heavy (non-hydrogen) atoms. The van der Waals surface area contributed by atoms with E-state index in [9.17, 15) is 0 Å². The average Bonchev–Trinajstić information content (AvgIpc) is 2.46. The first-order chi connectivity index (χ1) is 9.53. The Morgan fingerprint density at radius 3 is 2.20 bits per heavy atom. The Morgan fingerprint density at radius 2 is 1.70 bits per heavy atom. The molecule has 1 unspecified atom stereocenters. The molecule has 0 spiro atoms.